The number of unbranched alkanes of at least 4 members (excludes halogenated alkanes) is 1. The van der Waals surface area contributed by atoms with E-state index in [1.54, 1.807) is 20.8 Å². The number of carbonyl (C=O) groups is 1. The third-order valence-electron chi connectivity index (χ3n) is 5.68. The van der Waals surface area contributed by atoms with Crippen molar-refractivity contribution in [2.24, 2.45) is 0 Å². The van der Waals surface area contributed by atoms with E-state index in [1.165, 1.54) is 12.1 Å². The Kier molecular flexibility index (Phi) is 8.28. The summed E-state index contributed by atoms with van der Waals surface area (Å²) < 4.78 is 57.8. The summed E-state index contributed by atoms with van der Waals surface area (Å²) in [6.07, 6.45) is -3.41. The average molecular weight is 518 g/mol. The van der Waals surface area contributed by atoms with Gasteiger partial charge in [-0.2, -0.15) is 13.2 Å². The van der Waals surface area contributed by atoms with Gasteiger partial charge in [-0.25, -0.2) is 4.79 Å². The van der Waals surface area contributed by atoms with E-state index in [9.17, 15) is 23.1 Å². The van der Waals surface area contributed by atoms with E-state index in [0.717, 1.165) is 35.1 Å². The number of benzene rings is 1. The zero-order chi connectivity index (χ0) is 25.9. The molecule has 1 aromatic heterocycles. The molecule has 1 N–H and O–H groups in total. The third kappa shape index (κ3) is 6.04. The van der Waals surface area contributed by atoms with Crippen LogP contribution in [0.3, 0.4) is 0 Å². The highest BCUT2D eigenvalue weighted by Crippen LogP contribution is 2.45. The van der Waals surface area contributed by atoms with Gasteiger partial charge in [0.25, 0.3) is 0 Å². The number of amides is 1. The first-order valence-corrected chi connectivity index (χ1v) is 12.1. The zero-order valence-corrected chi connectivity index (χ0v) is 21.0. The summed E-state index contributed by atoms with van der Waals surface area (Å²) in [7, 11) is 0. The average Bonchev–Trinajstić information content (AvgIpc) is 3.36. The fourth-order valence-electron chi connectivity index (χ4n) is 3.90. The molecular weight excluding hydrogens is 487 g/mol. The molecule has 0 bridgehead atoms. The Morgan fingerprint density at radius 2 is 1.91 bits per heavy atom. The Balaban J connectivity index is 1.79. The highest BCUT2D eigenvalue weighted by Gasteiger charge is 2.54. The van der Waals surface area contributed by atoms with Crippen molar-refractivity contribution in [2.45, 2.75) is 64.4 Å². The summed E-state index contributed by atoms with van der Waals surface area (Å²) in [4.78, 5) is 13.1. The van der Waals surface area contributed by atoms with Crippen LogP contribution in [0.15, 0.2) is 18.2 Å². The van der Waals surface area contributed by atoms with Crippen LogP contribution in [-0.4, -0.2) is 58.4 Å². The minimum Gasteiger partial charge on any atom is -0.493 e. The molecule has 1 aromatic carbocycles. The van der Waals surface area contributed by atoms with Gasteiger partial charge >= 0.3 is 12.3 Å². The largest absolute Gasteiger partial charge is 0.493 e. The molecule has 0 spiro atoms. The molecule has 0 aliphatic carbocycles. The number of ether oxygens (including phenoxy) is 3. The SMILES string of the molecule is CCCCOCCCOc1ccc(-c2nnc(C3(C)COC(C)(C)N3C(=O)O)s2)cc1C(F)(F)F. The Hall–Kier alpha value is -2.44. The van der Waals surface area contributed by atoms with Crippen molar-refractivity contribution >= 4 is 17.4 Å². The molecule has 1 amide bonds. The van der Waals surface area contributed by atoms with Crippen LogP contribution in [0.2, 0.25) is 0 Å². The molecule has 3 rings (SSSR count). The van der Waals surface area contributed by atoms with Gasteiger partial charge in [-0.15, -0.1) is 10.2 Å². The molecule has 1 atom stereocenters. The van der Waals surface area contributed by atoms with Crippen LogP contribution >= 0.6 is 11.3 Å². The number of rotatable bonds is 10. The van der Waals surface area contributed by atoms with E-state index >= 15 is 0 Å². The van der Waals surface area contributed by atoms with E-state index in [-0.39, 0.29) is 29.5 Å². The van der Waals surface area contributed by atoms with Gasteiger partial charge in [0.1, 0.15) is 27.0 Å². The molecule has 2 heterocycles. The number of alkyl halides is 3. The van der Waals surface area contributed by atoms with E-state index in [1.807, 2.05) is 6.92 Å². The molecule has 1 aliphatic heterocycles. The summed E-state index contributed by atoms with van der Waals surface area (Å²) in [5, 5.41) is 18.4. The van der Waals surface area contributed by atoms with Crippen LogP contribution in [0, 0.1) is 0 Å². The second-order valence-electron chi connectivity index (χ2n) is 8.92. The molecule has 1 aliphatic rings. The van der Waals surface area contributed by atoms with Crippen molar-refractivity contribution in [2.75, 3.05) is 26.4 Å². The van der Waals surface area contributed by atoms with Gasteiger partial charge in [0.2, 0.25) is 0 Å². The molecule has 35 heavy (non-hydrogen) atoms. The monoisotopic (exact) mass is 517 g/mol. The lowest BCUT2D eigenvalue weighted by atomic mass is 10.0. The maximum atomic E-state index is 13.8. The molecule has 1 unspecified atom stereocenters. The number of halogens is 3. The number of hydrogen-bond acceptors (Lipinski definition) is 7. The van der Waals surface area contributed by atoms with Crippen LogP contribution in [0.4, 0.5) is 18.0 Å². The van der Waals surface area contributed by atoms with Crippen LogP contribution in [0.5, 0.6) is 5.75 Å². The molecule has 194 valence electrons. The number of hydrogen-bond donors (Lipinski definition) is 1. The molecule has 0 radical (unpaired) electrons. The highest BCUT2D eigenvalue weighted by molar-refractivity contribution is 7.14. The minimum absolute atomic E-state index is 0.0453. The normalized spacial score (nSPS) is 19.8. The Bertz CT molecular complexity index is 1030. The fraction of sp³-hybridized carbons (Fsp3) is 0.609. The van der Waals surface area contributed by atoms with E-state index < -0.39 is 29.1 Å². The zero-order valence-electron chi connectivity index (χ0n) is 20.1. The summed E-state index contributed by atoms with van der Waals surface area (Å²) in [6.45, 7) is 8.13. The van der Waals surface area contributed by atoms with Gasteiger partial charge in [-0.1, -0.05) is 24.7 Å². The van der Waals surface area contributed by atoms with E-state index in [4.69, 9.17) is 14.2 Å². The molecule has 1 saturated heterocycles. The first-order valence-electron chi connectivity index (χ1n) is 11.3. The van der Waals surface area contributed by atoms with Crippen LogP contribution in [0.1, 0.15) is 57.5 Å². The lowest BCUT2D eigenvalue weighted by molar-refractivity contribution is -0.138. The molecule has 8 nitrogen and oxygen atoms in total. The van der Waals surface area contributed by atoms with Crippen molar-refractivity contribution < 1.29 is 37.3 Å². The number of carboxylic acid groups (broad SMARTS) is 1. The lowest BCUT2D eigenvalue weighted by Crippen LogP contribution is -2.51. The van der Waals surface area contributed by atoms with Crippen molar-refractivity contribution in [1.29, 1.82) is 0 Å². The summed E-state index contributed by atoms with van der Waals surface area (Å²) in [5.41, 5.74) is -2.92. The summed E-state index contributed by atoms with van der Waals surface area (Å²) >= 11 is 1.03. The smallest absolute Gasteiger partial charge is 0.419 e. The second-order valence-corrected chi connectivity index (χ2v) is 9.89. The predicted octanol–water partition coefficient (Wildman–Crippen LogP) is 5.77. The van der Waals surface area contributed by atoms with Crippen LogP contribution in [-0.2, 0) is 21.2 Å². The Morgan fingerprint density at radius 1 is 1.20 bits per heavy atom. The second kappa shape index (κ2) is 10.7. The van der Waals surface area contributed by atoms with Gasteiger partial charge < -0.3 is 19.3 Å². The van der Waals surface area contributed by atoms with Gasteiger partial charge in [-0.05, 0) is 45.4 Å². The maximum absolute atomic E-state index is 13.8. The van der Waals surface area contributed by atoms with E-state index in [0.29, 0.717) is 24.6 Å². The quantitative estimate of drug-likeness (QED) is 0.400. The number of nitrogens with zero attached hydrogens (tertiary/aromatic N) is 3. The topological polar surface area (TPSA) is 94.0 Å². The van der Waals surface area contributed by atoms with Crippen molar-refractivity contribution in [3.8, 4) is 16.3 Å². The number of aromatic nitrogens is 2. The lowest BCUT2D eigenvalue weighted by Gasteiger charge is -2.35. The molecular formula is C23H30F3N3O5S. The standard InChI is InChI=1S/C23H30F3N3O5S/c1-5-6-10-32-11-7-12-33-17-9-8-15(13-16(17)23(24,25)26)18-27-28-19(35-18)22(4)14-34-21(2,3)29(22)20(30)31/h8-9,13H,5-7,10-12,14H2,1-4H3,(H,30,31). The maximum Gasteiger partial charge on any atom is 0.419 e. The fourth-order valence-corrected chi connectivity index (χ4v) is 4.86. The van der Waals surface area contributed by atoms with Crippen LogP contribution < -0.4 is 4.74 Å². The van der Waals surface area contributed by atoms with Crippen LogP contribution in [0.25, 0.3) is 10.6 Å². The predicted molar refractivity (Wildman–Crippen MR) is 123 cm³/mol. The minimum atomic E-state index is -4.63. The third-order valence-corrected chi connectivity index (χ3v) is 6.91. The Morgan fingerprint density at radius 3 is 2.57 bits per heavy atom. The van der Waals surface area contributed by atoms with Gasteiger partial charge in [0.05, 0.1) is 18.8 Å². The van der Waals surface area contributed by atoms with Gasteiger partial charge in [0.15, 0.2) is 0 Å². The molecule has 0 saturated carbocycles. The Labute approximate surface area is 206 Å². The van der Waals surface area contributed by atoms with Crippen molar-refractivity contribution in [1.82, 2.24) is 15.1 Å². The van der Waals surface area contributed by atoms with Gasteiger partial charge in [0, 0.05) is 25.2 Å². The summed E-state index contributed by atoms with van der Waals surface area (Å²) in [6, 6.07) is 3.73. The molecule has 12 heteroatoms. The first-order chi connectivity index (χ1) is 16.4. The molecule has 2 aromatic rings. The van der Waals surface area contributed by atoms with E-state index in [2.05, 4.69) is 10.2 Å². The summed E-state index contributed by atoms with van der Waals surface area (Å²) in [5.74, 6) is -0.269. The van der Waals surface area contributed by atoms with Crippen molar-refractivity contribution in [3.05, 3.63) is 28.8 Å². The first kappa shape index (κ1) is 27.2. The molecule has 1 fully saturated rings. The van der Waals surface area contributed by atoms with Gasteiger partial charge in [-0.3, -0.25) is 4.90 Å². The highest BCUT2D eigenvalue weighted by atomic mass is 32.1. The van der Waals surface area contributed by atoms with Crippen molar-refractivity contribution in [3.63, 3.8) is 0 Å².